The number of carbonyl (C=O) groups excluding carboxylic acids is 1. The molecule has 4 heteroatoms. The number of benzene rings is 1. The number of aryl methyl sites for hydroxylation is 1. The summed E-state index contributed by atoms with van der Waals surface area (Å²) in [5.74, 6) is 0.0832. The summed E-state index contributed by atoms with van der Waals surface area (Å²) >= 11 is 0. The first-order chi connectivity index (χ1) is 12.2. The van der Waals surface area contributed by atoms with Gasteiger partial charge in [-0.25, -0.2) is 4.98 Å². The summed E-state index contributed by atoms with van der Waals surface area (Å²) in [6.45, 7) is 2.06. The van der Waals surface area contributed by atoms with E-state index in [9.17, 15) is 4.79 Å². The van der Waals surface area contributed by atoms with E-state index in [1.54, 1.807) is 0 Å². The van der Waals surface area contributed by atoms with Crippen LogP contribution in [0.1, 0.15) is 53.6 Å². The van der Waals surface area contributed by atoms with Crippen molar-refractivity contribution in [1.29, 1.82) is 0 Å². The second-order valence-corrected chi connectivity index (χ2v) is 7.47. The van der Waals surface area contributed by atoms with Crippen LogP contribution in [0.25, 0.3) is 22.2 Å². The molecule has 2 N–H and O–H groups in total. The maximum Gasteiger partial charge on any atom is 0.252 e. The number of hydrogen-bond acceptors (Lipinski definition) is 2. The average Bonchev–Trinajstić information content (AvgIpc) is 3.15. The van der Waals surface area contributed by atoms with E-state index in [1.807, 2.05) is 18.5 Å². The van der Waals surface area contributed by atoms with Crippen molar-refractivity contribution in [2.75, 3.05) is 0 Å². The lowest BCUT2D eigenvalue weighted by Gasteiger charge is -2.34. The number of nitrogens with zero attached hydrogens (tertiary/aromatic N) is 1. The number of fused-ring (bicyclic) bond motifs is 3. The Morgan fingerprint density at radius 1 is 1.08 bits per heavy atom. The summed E-state index contributed by atoms with van der Waals surface area (Å²) in [5, 5.41) is 4.43. The molecule has 3 heterocycles. The van der Waals surface area contributed by atoms with Crippen molar-refractivity contribution in [3.8, 4) is 11.1 Å². The van der Waals surface area contributed by atoms with Crippen molar-refractivity contribution >= 4 is 16.9 Å². The van der Waals surface area contributed by atoms with E-state index in [-0.39, 0.29) is 11.4 Å². The van der Waals surface area contributed by atoms with Gasteiger partial charge in [0.05, 0.1) is 5.54 Å². The van der Waals surface area contributed by atoms with Gasteiger partial charge < -0.3 is 10.3 Å². The first-order valence-corrected chi connectivity index (χ1v) is 9.07. The molecule has 5 rings (SSSR count). The molecule has 1 aromatic carbocycles. The number of H-pyrrole nitrogens is 1. The molecular weight excluding hydrogens is 310 g/mol. The number of hydrogen-bond donors (Lipinski definition) is 2. The van der Waals surface area contributed by atoms with Crippen molar-refractivity contribution in [1.82, 2.24) is 15.3 Å². The molecular formula is C21H21N3O. The molecule has 0 unspecified atom stereocenters. The van der Waals surface area contributed by atoms with E-state index < -0.39 is 0 Å². The smallest absolute Gasteiger partial charge is 0.252 e. The van der Waals surface area contributed by atoms with Crippen molar-refractivity contribution in [2.45, 2.75) is 44.6 Å². The van der Waals surface area contributed by atoms with Crippen LogP contribution in [0.5, 0.6) is 0 Å². The van der Waals surface area contributed by atoms with Crippen molar-refractivity contribution in [3.05, 3.63) is 53.3 Å². The Balaban J connectivity index is 1.68. The van der Waals surface area contributed by atoms with E-state index >= 15 is 0 Å². The Bertz CT molecular complexity index is 996. The minimum atomic E-state index is -0.152. The van der Waals surface area contributed by atoms with E-state index in [0.717, 1.165) is 46.1 Å². The number of amides is 1. The summed E-state index contributed by atoms with van der Waals surface area (Å²) in [7, 11) is 0. The van der Waals surface area contributed by atoms with Crippen LogP contribution in [-0.4, -0.2) is 15.9 Å². The van der Waals surface area contributed by atoms with E-state index in [1.165, 1.54) is 24.8 Å². The third kappa shape index (κ3) is 2.13. The number of rotatable bonds is 1. The monoisotopic (exact) mass is 331 g/mol. The zero-order valence-corrected chi connectivity index (χ0v) is 14.4. The van der Waals surface area contributed by atoms with Crippen LogP contribution in [-0.2, 0) is 5.54 Å². The largest absolute Gasteiger partial charge is 0.346 e. The normalized spacial score (nSPS) is 18.5. The molecule has 1 aliphatic heterocycles. The van der Waals surface area contributed by atoms with Gasteiger partial charge in [0.2, 0.25) is 0 Å². The van der Waals surface area contributed by atoms with Gasteiger partial charge in [-0.1, -0.05) is 25.3 Å². The SMILES string of the molecule is Cc1cnc2[nH]cc(-c3ccc4c(c3)C3(CCCCC3)NC4=O)c2c1. The Hall–Kier alpha value is -2.62. The maximum atomic E-state index is 12.5. The second kappa shape index (κ2) is 5.19. The standard InChI is InChI=1S/C21H21N3O/c1-13-9-16-17(12-23-19(16)22-11-13)14-5-6-15-18(10-14)21(24-20(15)25)7-3-2-4-8-21/h5-6,9-12H,2-4,7-8H2,1H3,(H,22,23)(H,24,25). The molecule has 1 saturated carbocycles. The fourth-order valence-corrected chi connectivity index (χ4v) is 4.55. The molecule has 2 aromatic heterocycles. The molecule has 2 aliphatic rings. The van der Waals surface area contributed by atoms with Crippen molar-refractivity contribution < 1.29 is 4.79 Å². The highest BCUT2D eigenvalue weighted by molar-refractivity contribution is 6.01. The lowest BCUT2D eigenvalue weighted by molar-refractivity contribution is 0.0909. The Labute approximate surface area is 146 Å². The molecule has 0 saturated heterocycles. The summed E-state index contributed by atoms with van der Waals surface area (Å²) in [5.41, 5.74) is 6.24. The van der Waals surface area contributed by atoms with Gasteiger partial charge in [-0.2, -0.15) is 0 Å². The molecule has 25 heavy (non-hydrogen) atoms. The third-order valence-corrected chi connectivity index (χ3v) is 5.82. The van der Waals surface area contributed by atoms with Gasteiger partial charge in [0.1, 0.15) is 5.65 Å². The van der Waals surface area contributed by atoms with Crippen LogP contribution in [0.3, 0.4) is 0 Å². The summed E-state index contributed by atoms with van der Waals surface area (Å²) in [6, 6.07) is 8.45. The van der Waals surface area contributed by atoms with Crippen LogP contribution in [0.15, 0.2) is 36.7 Å². The number of pyridine rings is 1. The third-order valence-electron chi connectivity index (χ3n) is 5.82. The molecule has 1 spiro atoms. The van der Waals surface area contributed by atoms with Crippen molar-refractivity contribution in [2.24, 2.45) is 0 Å². The zero-order chi connectivity index (χ0) is 17.0. The molecule has 0 atom stereocenters. The van der Waals surface area contributed by atoms with Crippen LogP contribution >= 0.6 is 0 Å². The first kappa shape index (κ1) is 14.7. The van der Waals surface area contributed by atoms with Crippen LogP contribution in [0.2, 0.25) is 0 Å². The molecule has 1 fully saturated rings. The van der Waals surface area contributed by atoms with E-state index in [4.69, 9.17) is 0 Å². The summed E-state index contributed by atoms with van der Waals surface area (Å²) in [6.07, 6.45) is 9.62. The topological polar surface area (TPSA) is 57.8 Å². The van der Waals surface area contributed by atoms with Gasteiger partial charge >= 0.3 is 0 Å². The molecule has 3 aromatic rings. The van der Waals surface area contributed by atoms with Gasteiger partial charge in [-0.3, -0.25) is 4.79 Å². The number of aromatic amines is 1. The quantitative estimate of drug-likeness (QED) is 0.692. The highest BCUT2D eigenvalue weighted by Crippen LogP contribution is 2.44. The molecule has 0 radical (unpaired) electrons. The molecule has 1 aliphatic carbocycles. The van der Waals surface area contributed by atoms with Gasteiger partial charge in [-0.15, -0.1) is 0 Å². The molecule has 1 amide bonds. The highest BCUT2D eigenvalue weighted by Gasteiger charge is 2.43. The Morgan fingerprint density at radius 2 is 1.92 bits per heavy atom. The van der Waals surface area contributed by atoms with Crippen LogP contribution in [0.4, 0.5) is 0 Å². The zero-order valence-electron chi connectivity index (χ0n) is 14.4. The lowest BCUT2D eigenvalue weighted by atomic mass is 9.77. The van der Waals surface area contributed by atoms with E-state index in [0.29, 0.717) is 0 Å². The Morgan fingerprint density at radius 3 is 2.76 bits per heavy atom. The predicted molar refractivity (Wildman–Crippen MR) is 98.5 cm³/mol. The minimum Gasteiger partial charge on any atom is -0.346 e. The van der Waals surface area contributed by atoms with E-state index in [2.05, 4.69) is 40.4 Å². The van der Waals surface area contributed by atoms with Crippen LogP contribution in [0, 0.1) is 6.92 Å². The first-order valence-electron chi connectivity index (χ1n) is 9.07. The number of nitrogens with one attached hydrogen (secondary N) is 2. The average molecular weight is 331 g/mol. The maximum absolute atomic E-state index is 12.5. The number of carbonyl (C=O) groups is 1. The molecule has 0 bridgehead atoms. The second-order valence-electron chi connectivity index (χ2n) is 7.47. The summed E-state index contributed by atoms with van der Waals surface area (Å²) in [4.78, 5) is 20.2. The van der Waals surface area contributed by atoms with Crippen molar-refractivity contribution in [3.63, 3.8) is 0 Å². The Kier molecular flexibility index (Phi) is 3.05. The van der Waals surface area contributed by atoms with Crippen LogP contribution < -0.4 is 5.32 Å². The summed E-state index contributed by atoms with van der Waals surface area (Å²) < 4.78 is 0. The number of aromatic nitrogens is 2. The van der Waals surface area contributed by atoms with Gasteiger partial charge in [0.25, 0.3) is 5.91 Å². The van der Waals surface area contributed by atoms with Gasteiger partial charge in [-0.05, 0) is 54.7 Å². The van der Waals surface area contributed by atoms with Gasteiger partial charge in [0.15, 0.2) is 0 Å². The fourth-order valence-electron chi connectivity index (χ4n) is 4.55. The lowest BCUT2D eigenvalue weighted by Crippen LogP contribution is -2.40. The molecule has 126 valence electrons. The minimum absolute atomic E-state index is 0.0832. The highest BCUT2D eigenvalue weighted by atomic mass is 16.2. The van der Waals surface area contributed by atoms with Gasteiger partial charge in [0, 0.05) is 28.9 Å². The molecule has 4 nitrogen and oxygen atoms in total. The predicted octanol–water partition coefficient (Wildman–Crippen LogP) is 4.44. The fraction of sp³-hybridized carbons (Fsp3) is 0.333.